The Balaban J connectivity index is 2.68. The Morgan fingerprint density at radius 3 is 2.43 bits per heavy atom. The maximum Gasteiger partial charge on any atom is 0.251 e. The summed E-state index contributed by atoms with van der Waals surface area (Å²) in [5.74, 6) is -0.281. The van der Waals surface area contributed by atoms with E-state index in [9.17, 15) is 9.59 Å². The van der Waals surface area contributed by atoms with Gasteiger partial charge in [-0.05, 0) is 39.0 Å². The van der Waals surface area contributed by atoms with Crippen LogP contribution in [0.5, 0.6) is 0 Å². The summed E-state index contributed by atoms with van der Waals surface area (Å²) >= 11 is 0. The summed E-state index contributed by atoms with van der Waals surface area (Å²) < 4.78 is 0. The minimum atomic E-state index is -0.294. The molecule has 0 heterocycles. The quantitative estimate of drug-likeness (QED) is 0.778. The molecule has 0 spiro atoms. The summed E-state index contributed by atoms with van der Waals surface area (Å²) in [6.07, 6.45) is 0. The highest BCUT2D eigenvalue weighted by Crippen LogP contribution is 2.12. The Labute approximate surface area is 126 Å². The van der Waals surface area contributed by atoms with Crippen LogP contribution in [0.4, 0.5) is 5.69 Å². The average Bonchev–Trinajstić information content (AvgIpc) is 2.34. The fraction of sp³-hybridized carbons (Fsp3) is 0.500. The number of hydrogen-bond acceptors (Lipinski definition) is 3. The molecule has 116 valence electrons. The lowest BCUT2D eigenvalue weighted by atomic mass is 10.1. The summed E-state index contributed by atoms with van der Waals surface area (Å²) in [6, 6.07) is 7.17. The van der Waals surface area contributed by atoms with Crippen molar-refractivity contribution in [2.45, 2.75) is 46.2 Å². The fourth-order valence-corrected chi connectivity index (χ4v) is 1.65. The Kier molecular flexibility index (Phi) is 5.90. The zero-order valence-electron chi connectivity index (χ0n) is 13.4. The third-order valence-electron chi connectivity index (χ3n) is 2.57. The first kappa shape index (κ1) is 17.2. The zero-order chi connectivity index (χ0) is 16.0. The molecule has 0 bridgehead atoms. The van der Waals surface area contributed by atoms with Crippen LogP contribution in [0.15, 0.2) is 24.3 Å². The molecule has 1 aromatic carbocycles. The van der Waals surface area contributed by atoms with Gasteiger partial charge in [-0.15, -0.1) is 0 Å². The number of hydrogen-bond donors (Lipinski definition) is 3. The number of benzene rings is 1. The first-order chi connectivity index (χ1) is 9.67. The number of nitrogens with one attached hydrogen (secondary N) is 3. The van der Waals surface area contributed by atoms with Gasteiger partial charge in [0.15, 0.2) is 0 Å². The van der Waals surface area contributed by atoms with E-state index in [-0.39, 0.29) is 29.9 Å². The van der Waals surface area contributed by atoms with Crippen LogP contribution < -0.4 is 16.0 Å². The molecule has 0 saturated carbocycles. The minimum absolute atomic E-state index is 0.128. The van der Waals surface area contributed by atoms with Gasteiger partial charge in [-0.2, -0.15) is 0 Å². The molecule has 0 aliphatic heterocycles. The second kappa shape index (κ2) is 7.22. The van der Waals surface area contributed by atoms with Crippen molar-refractivity contribution >= 4 is 17.5 Å². The van der Waals surface area contributed by atoms with E-state index in [1.807, 2.05) is 34.6 Å². The predicted octanol–water partition coefficient (Wildman–Crippen LogP) is 2.15. The molecular weight excluding hydrogens is 266 g/mol. The standard InChI is InChI=1S/C16H25N3O2/c1-11(2)17-10-14(20)18-13-8-6-7-12(9-13)15(21)19-16(3,4)5/h6-9,11,17H,10H2,1-5H3,(H,18,20)(H,19,21). The minimum Gasteiger partial charge on any atom is -0.347 e. The number of carbonyl (C=O) groups is 2. The highest BCUT2D eigenvalue weighted by atomic mass is 16.2. The van der Waals surface area contributed by atoms with E-state index in [0.29, 0.717) is 11.3 Å². The van der Waals surface area contributed by atoms with Crippen molar-refractivity contribution in [3.05, 3.63) is 29.8 Å². The van der Waals surface area contributed by atoms with E-state index < -0.39 is 0 Å². The molecule has 0 unspecified atom stereocenters. The SMILES string of the molecule is CC(C)NCC(=O)Nc1cccc(C(=O)NC(C)(C)C)c1. The highest BCUT2D eigenvalue weighted by Gasteiger charge is 2.15. The lowest BCUT2D eigenvalue weighted by molar-refractivity contribution is -0.115. The molecule has 5 nitrogen and oxygen atoms in total. The van der Waals surface area contributed by atoms with Gasteiger partial charge < -0.3 is 16.0 Å². The van der Waals surface area contributed by atoms with Gasteiger partial charge in [0, 0.05) is 22.8 Å². The lowest BCUT2D eigenvalue weighted by Crippen LogP contribution is -2.40. The molecule has 0 aliphatic carbocycles. The Morgan fingerprint density at radius 2 is 1.86 bits per heavy atom. The normalized spacial score (nSPS) is 11.3. The molecule has 0 fully saturated rings. The van der Waals surface area contributed by atoms with Gasteiger partial charge in [0.25, 0.3) is 5.91 Å². The molecule has 21 heavy (non-hydrogen) atoms. The van der Waals surface area contributed by atoms with Crippen LogP contribution in [0.2, 0.25) is 0 Å². The first-order valence-corrected chi connectivity index (χ1v) is 7.13. The molecular formula is C16H25N3O2. The molecule has 0 saturated heterocycles. The van der Waals surface area contributed by atoms with Gasteiger partial charge in [0.2, 0.25) is 5.91 Å². The zero-order valence-corrected chi connectivity index (χ0v) is 13.4. The largest absolute Gasteiger partial charge is 0.347 e. The van der Waals surface area contributed by atoms with E-state index in [1.165, 1.54) is 0 Å². The van der Waals surface area contributed by atoms with Crippen LogP contribution in [0.1, 0.15) is 45.0 Å². The van der Waals surface area contributed by atoms with Crippen LogP contribution in [-0.4, -0.2) is 29.9 Å². The van der Waals surface area contributed by atoms with Crippen molar-refractivity contribution in [2.75, 3.05) is 11.9 Å². The summed E-state index contributed by atoms with van der Waals surface area (Å²) in [7, 11) is 0. The number of carbonyl (C=O) groups excluding carboxylic acids is 2. The van der Waals surface area contributed by atoms with E-state index >= 15 is 0 Å². The molecule has 2 amide bonds. The van der Waals surface area contributed by atoms with Gasteiger partial charge in [-0.3, -0.25) is 9.59 Å². The third kappa shape index (κ3) is 6.90. The molecule has 0 aromatic heterocycles. The van der Waals surface area contributed by atoms with Gasteiger partial charge >= 0.3 is 0 Å². The molecule has 1 aromatic rings. The number of anilines is 1. The second-order valence-corrected chi connectivity index (χ2v) is 6.37. The Morgan fingerprint density at radius 1 is 1.19 bits per heavy atom. The van der Waals surface area contributed by atoms with E-state index in [0.717, 1.165) is 0 Å². The maximum atomic E-state index is 12.1. The molecule has 3 N–H and O–H groups in total. The van der Waals surface area contributed by atoms with Gasteiger partial charge in [0.05, 0.1) is 6.54 Å². The maximum absolute atomic E-state index is 12.1. The lowest BCUT2D eigenvalue weighted by Gasteiger charge is -2.20. The van der Waals surface area contributed by atoms with Gasteiger partial charge in [-0.1, -0.05) is 19.9 Å². The summed E-state index contributed by atoms with van der Waals surface area (Å²) in [6.45, 7) is 9.97. The summed E-state index contributed by atoms with van der Waals surface area (Å²) in [4.78, 5) is 23.8. The molecule has 0 atom stereocenters. The van der Waals surface area contributed by atoms with Crippen molar-refractivity contribution in [3.8, 4) is 0 Å². The Hall–Kier alpha value is -1.88. The molecule has 0 radical (unpaired) electrons. The third-order valence-corrected chi connectivity index (χ3v) is 2.57. The molecule has 5 heteroatoms. The van der Waals surface area contributed by atoms with Crippen LogP contribution in [0.3, 0.4) is 0 Å². The summed E-state index contributed by atoms with van der Waals surface area (Å²) in [5.41, 5.74) is 0.851. The highest BCUT2D eigenvalue weighted by molar-refractivity contribution is 5.97. The number of amides is 2. The smallest absolute Gasteiger partial charge is 0.251 e. The second-order valence-electron chi connectivity index (χ2n) is 6.37. The van der Waals surface area contributed by atoms with E-state index in [4.69, 9.17) is 0 Å². The van der Waals surface area contributed by atoms with Crippen molar-refractivity contribution < 1.29 is 9.59 Å². The van der Waals surface area contributed by atoms with Crippen molar-refractivity contribution in [1.82, 2.24) is 10.6 Å². The molecule has 0 aliphatic rings. The first-order valence-electron chi connectivity index (χ1n) is 7.13. The van der Waals surface area contributed by atoms with Crippen LogP contribution in [0, 0.1) is 0 Å². The van der Waals surface area contributed by atoms with Crippen LogP contribution >= 0.6 is 0 Å². The topological polar surface area (TPSA) is 70.2 Å². The van der Waals surface area contributed by atoms with Crippen molar-refractivity contribution in [2.24, 2.45) is 0 Å². The average molecular weight is 291 g/mol. The summed E-state index contributed by atoms with van der Waals surface area (Å²) in [5, 5.41) is 8.71. The predicted molar refractivity (Wildman–Crippen MR) is 85.4 cm³/mol. The molecule has 1 rings (SSSR count). The fourth-order valence-electron chi connectivity index (χ4n) is 1.65. The monoisotopic (exact) mass is 291 g/mol. The Bertz CT molecular complexity index is 504. The van der Waals surface area contributed by atoms with Crippen LogP contribution in [-0.2, 0) is 4.79 Å². The van der Waals surface area contributed by atoms with Crippen LogP contribution in [0.25, 0.3) is 0 Å². The van der Waals surface area contributed by atoms with Crippen molar-refractivity contribution in [3.63, 3.8) is 0 Å². The van der Waals surface area contributed by atoms with E-state index in [1.54, 1.807) is 24.3 Å². The van der Waals surface area contributed by atoms with Crippen molar-refractivity contribution in [1.29, 1.82) is 0 Å². The van der Waals surface area contributed by atoms with Gasteiger partial charge in [-0.25, -0.2) is 0 Å². The number of rotatable bonds is 5. The van der Waals surface area contributed by atoms with Gasteiger partial charge in [0.1, 0.15) is 0 Å². The van der Waals surface area contributed by atoms with E-state index in [2.05, 4.69) is 16.0 Å².